The summed E-state index contributed by atoms with van der Waals surface area (Å²) < 4.78 is 4.92. The molecule has 1 aliphatic heterocycles. The predicted octanol–water partition coefficient (Wildman–Crippen LogP) is 5.05. The molecule has 1 aliphatic carbocycles. The Morgan fingerprint density at radius 3 is 2.00 bits per heavy atom. The average molecular weight is 510 g/mol. The van der Waals surface area contributed by atoms with Gasteiger partial charge in [-0.3, -0.25) is 9.59 Å². The topological polar surface area (TPSA) is 79.0 Å². The van der Waals surface area contributed by atoms with Gasteiger partial charge in [0.2, 0.25) is 12.3 Å². The fraction of sp³-hybridized carbons (Fsp3) is 0.828. The monoisotopic (exact) mass is 509 g/mol. The maximum atomic E-state index is 11.9. The third kappa shape index (κ3) is 14.0. The first-order chi connectivity index (χ1) is 17.0. The van der Waals surface area contributed by atoms with E-state index in [1.54, 1.807) is 27.0 Å². The molecule has 1 saturated heterocycles. The molecule has 7 nitrogen and oxygen atoms in total. The van der Waals surface area contributed by atoms with Crippen molar-refractivity contribution in [2.45, 2.75) is 106 Å². The molecule has 2 fully saturated rings. The Morgan fingerprint density at radius 1 is 1.03 bits per heavy atom. The number of likely N-dealkylation sites (tertiary alicyclic amines) is 1. The molecule has 36 heavy (non-hydrogen) atoms. The molecular formula is C29H55N3O4. The van der Waals surface area contributed by atoms with E-state index in [9.17, 15) is 14.4 Å². The first-order valence-corrected chi connectivity index (χ1v) is 14.0. The molecule has 2 atom stereocenters. The number of hydrogen-bond acceptors (Lipinski definition) is 5. The molecule has 2 rings (SSSR count). The highest BCUT2D eigenvalue weighted by Crippen LogP contribution is 2.32. The first kappa shape index (κ1) is 34.1. The lowest BCUT2D eigenvalue weighted by Crippen LogP contribution is -2.43. The van der Waals surface area contributed by atoms with Crippen molar-refractivity contribution in [2.75, 3.05) is 33.3 Å². The summed E-state index contributed by atoms with van der Waals surface area (Å²) in [5.74, 6) is 1.40. The Hall–Kier alpha value is -1.89. The van der Waals surface area contributed by atoms with E-state index in [4.69, 9.17) is 4.74 Å². The van der Waals surface area contributed by atoms with Crippen molar-refractivity contribution in [1.82, 2.24) is 15.1 Å². The molecule has 0 bridgehead atoms. The lowest BCUT2D eigenvalue weighted by molar-refractivity contribution is -0.138. The van der Waals surface area contributed by atoms with Crippen LogP contribution in [0.15, 0.2) is 11.6 Å². The maximum Gasteiger partial charge on any atom is 0.333 e. The summed E-state index contributed by atoms with van der Waals surface area (Å²) in [6.07, 6.45) is 11.0. The Kier molecular flexibility index (Phi) is 18.2. The Morgan fingerprint density at radius 2 is 1.58 bits per heavy atom. The smallest absolute Gasteiger partial charge is 0.333 e. The van der Waals surface area contributed by atoms with E-state index in [2.05, 4.69) is 37.9 Å². The van der Waals surface area contributed by atoms with Gasteiger partial charge >= 0.3 is 5.97 Å². The van der Waals surface area contributed by atoms with Crippen molar-refractivity contribution in [1.29, 1.82) is 0 Å². The SMILES string of the molecule is CC(C)C.CC(C1CCC1)N1CCCCC1.CCOC(=O)/C(C)=C/[C@H](C(C)C)N(C)C(=O)CNC=O. The van der Waals surface area contributed by atoms with Crippen LogP contribution in [-0.2, 0) is 19.1 Å². The first-order valence-electron chi connectivity index (χ1n) is 14.0. The minimum Gasteiger partial charge on any atom is -0.463 e. The van der Waals surface area contributed by atoms with Crippen LogP contribution in [0.25, 0.3) is 0 Å². The Balaban J connectivity index is 0.000000638. The number of likely N-dealkylation sites (N-methyl/N-ethyl adjacent to an activating group) is 1. The zero-order valence-electron chi connectivity index (χ0n) is 24.6. The molecule has 0 radical (unpaired) electrons. The van der Waals surface area contributed by atoms with Crippen LogP contribution in [0.1, 0.15) is 93.9 Å². The van der Waals surface area contributed by atoms with Crippen molar-refractivity contribution < 1.29 is 19.1 Å². The number of amides is 2. The van der Waals surface area contributed by atoms with Crippen LogP contribution in [0.4, 0.5) is 0 Å². The number of carbonyl (C=O) groups excluding carboxylic acids is 3. The number of nitrogens with one attached hydrogen (secondary N) is 1. The van der Waals surface area contributed by atoms with Gasteiger partial charge in [-0.2, -0.15) is 0 Å². The molecule has 1 unspecified atom stereocenters. The van der Waals surface area contributed by atoms with Gasteiger partial charge in [0.15, 0.2) is 0 Å². The van der Waals surface area contributed by atoms with E-state index >= 15 is 0 Å². The van der Waals surface area contributed by atoms with Crippen LogP contribution in [-0.4, -0.2) is 73.5 Å². The van der Waals surface area contributed by atoms with E-state index in [-0.39, 0.29) is 30.4 Å². The van der Waals surface area contributed by atoms with Crippen molar-refractivity contribution in [3.8, 4) is 0 Å². The van der Waals surface area contributed by atoms with E-state index < -0.39 is 0 Å². The molecule has 0 aromatic carbocycles. The standard InChI is InChI=1S/C14H24N2O4.C11H21N.C4H10/c1-6-20-14(19)11(4)7-12(10(2)3)16(5)13(18)8-15-9-17;1-10(11-6-5-7-11)12-8-3-2-4-9-12;1-4(2)3/h7,9-10,12H,6,8H2,1-5H3,(H,15,17);10-11H,2-9H2,1H3;4H,1-3H3/b11-7+;;/t12-;;/m1../s1. The zero-order chi connectivity index (χ0) is 27.7. The molecule has 1 N–H and O–H groups in total. The van der Waals surface area contributed by atoms with Gasteiger partial charge in [-0.1, -0.05) is 53.5 Å². The number of ether oxygens (including phenoxy) is 1. The van der Waals surface area contributed by atoms with Crippen LogP contribution in [0.5, 0.6) is 0 Å². The molecule has 7 heteroatoms. The quantitative estimate of drug-likeness (QED) is 0.253. The second-order valence-electron chi connectivity index (χ2n) is 11.1. The van der Waals surface area contributed by atoms with Gasteiger partial charge in [0.05, 0.1) is 19.2 Å². The summed E-state index contributed by atoms with van der Waals surface area (Å²) in [5.41, 5.74) is 0.466. The summed E-state index contributed by atoms with van der Waals surface area (Å²) in [6, 6.07) is 0.652. The van der Waals surface area contributed by atoms with Crippen LogP contribution in [0.2, 0.25) is 0 Å². The Labute approximate surface area is 221 Å². The van der Waals surface area contributed by atoms with Crippen LogP contribution in [0.3, 0.4) is 0 Å². The van der Waals surface area contributed by atoms with Gasteiger partial charge in [0.25, 0.3) is 0 Å². The van der Waals surface area contributed by atoms with Crippen LogP contribution < -0.4 is 5.32 Å². The highest BCUT2D eigenvalue weighted by atomic mass is 16.5. The minimum atomic E-state index is -0.384. The fourth-order valence-corrected chi connectivity index (χ4v) is 4.29. The van der Waals surface area contributed by atoms with Gasteiger partial charge in [-0.05, 0) is 77.3 Å². The fourth-order valence-electron chi connectivity index (χ4n) is 4.29. The molecule has 1 saturated carbocycles. The van der Waals surface area contributed by atoms with E-state index in [0.29, 0.717) is 18.6 Å². The lowest BCUT2D eigenvalue weighted by Gasteiger charge is -2.40. The van der Waals surface area contributed by atoms with E-state index in [1.807, 2.05) is 13.8 Å². The summed E-state index contributed by atoms with van der Waals surface area (Å²) in [4.78, 5) is 37.9. The highest BCUT2D eigenvalue weighted by molar-refractivity contribution is 5.88. The normalized spacial score (nSPS) is 18.0. The van der Waals surface area contributed by atoms with Crippen molar-refractivity contribution in [3.05, 3.63) is 11.6 Å². The van der Waals surface area contributed by atoms with Crippen LogP contribution in [0, 0.1) is 17.8 Å². The summed E-state index contributed by atoms with van der Waals surface area (Å²) in [6.45, 7) is 19.3. The molecule has 2 aliphatic rings. The second kappa shape index (κ2) is 19.3. The predicted molar refractivity (Wildman–Crippen MR) is 149 cm³/mol. The summed E-state index contributed by atoms with van der Waals surface area (Å²) >= 11 is 0. The van der Waals surface area contributed by atoms with Crippen molar-refractivity contribution >= 4 is 18.3 Å². The number of hydrogen-bond donors (Lipinski definition) is 1. The van der Waals surface area contributed by atoms with Crippen LogP contribution >= 0.6 is 0 Å². The maximum absolute atomic E-state index is 11.9. The molecule has 0 aromatic heterocycles. The van der Waals surface area contributed by atoms with Gasteiger partial charge in [0.1, 0.15) is 0 Å². The van der Waals surface area contributed by atoms with Gasteiger partial charge in [0, 0.05) is 18.7 Å². The van der Waals surface area contributed by atoms with Crippen molar-refractivity contribution in [3.63, 3.8) is 0 Å². The Bertz CT molecular complexity index is 650. The number of rotatable bonds is 10. The zero-order valence-corrected chi connectivity index (χ0v) is 24.6. The molecule has 210 valence electrons. The molecule has 1 heterocycles. The third-order valence-corrected chi connectivity index (χ3v) is 6.68. The number of carbonyl (C=O) groups is 3. The average Bonchev–Trinajstić information content (AvgIpc) is 2.79. The minimum absolute atomic E-state index is 0.0600. The van der Waals surface area contributed by atoms with Gasteiger partial charge in [-0.15, -0.1) is 0 Å². The number of nitrogens with zero attached hydrogens (tertiary/aromatic N) is 2. The summed E-state index contributed by atoms with van der Waals surface area (Å²) in [5, 5.41) is 2.34. The second-order valence-corrected chi connectivity index (χ2v) is 11.1. The largest absolute Gasteiger partial charge is 0.463 e. The van der Waals surface area contributed by atoms with Gasteiger partial charge in [-0.25, -0.2) is 4.79 Å². The molecule has 2 amide bonds. The van der Waals surface area contributed by atoms with Crippen molar-refractivity contribution in [2.24, 2.45) is 17.8 Å². The van der Waals surface area contributed by atoms with E-state index in [1.165, 1.54) is 56.5 Å². The number of esters is 1. The molecule has 0 aromatic rings. The lowest BCUT2D eigenvalue weighted by atomic mass is 9.79. The summed E-state index contributed by atoms with van der Waals surface area (Å²) in [7, 11) is 1.65. The number of piperidine rings is 1. The highest BCUT2D eigenvalue weighted by Gasteiger charge is 2.28. The molecular weight excluding hydrogens is 454 g/mol. The van der Waals surface area contributed by atoms with Gasteiger partial charge < -0.3 is 19.9 Å². The third-order valence-electron chi connectivity index (χ3n) is 6.68. The molecule has 0 spiro atoms. The van der Waals surface area contributed by atoms with E-state index in [0.717, 1.165) is 17.9 Å².